The van der Waals surface area contributed by atoms with E-state index in [0.717, 1.165) is 39.5 Å². The molecule has 15 heavy (non-hydrogen) atoms. The Morgan fingerprint density at radius 3 is 2.87 bits per heavy atom. The van der Waals surface area contributed by atoms with Gasteiger partial charge in [0.2, 0.25) is 0 Å². The number of hydrogen-bond donors (Lipinski definition) is 1. The first-order valence-corrected chi connectivity index (χ1v) is 5.50. The Morgan fingerprint density at radius 2 is 2.13 bits per heavy atom. The Bertz CT molecular complexity index is 270. The van der Waals surface area contributed by atoms with Crippen LogP contribution in [0.4, 0.5) is 0 Å². The fourth-order valence-electron chi connectivity index (χ4n) is 1.70. The average molecular weight is 206 g/mol. The van der Waals surface area contributed by atoms with Crippen molar-refractivity contribution >= 4 is 0 Å². The summed E-state index contributed by atoms with van der Waals surface area (Å²) in [5, 5.41) is 3.30. The maximum absolute atomic E-state index is 5.61. The van der Waals surface area contributed by atoms with Crippen LogP contribution in [0.15, 0.2) is 30.3 Å². The first-order valence-electron chi connectivity index (χ1n) is 5.50. The Kier molecular flexibility index (Phi) is 4.14. The third kappa shape index (κ3) is 3.63. The van der Waals surface area contributed by atoms with Gasteiger partial charge in [-0.1, -0.05) is 30.3 Å². The van der Waals surface area contributed by atoms with Gasteiger partial charge in [0.05, 0.1) is 13.2 Å². The zero-order chi connectivity index (χ0) is 10.3. The first kappa shape index (κ1) is 10.6. The minimum Gasteiger partial charge on any atom is -0.375 e. The second kappa shape index (κ2) is 5.85. The lowest BCUT2D eigenvalue weighted by Crippen LogP contribution is -2.26. The molecule has 0 radical (unpaired) electrons. The molecule has 1 N–H and O–H groups in total. The summed E-state index contributed by atoms with van der Waals surface area (Å²) in [5.74, 6) is 0. The molecular formula is C12H18N2O. The van der Waals surface area contributed by atoms with Gasteiger partial charge in [0.25, 0.3) is 0 Å². The van der Waals surface area contributed by atoms with Crippen LogP contribution >= 0.6 is 0 Å². The van der Waals surface area contributed by atoms with E-state index in [1.807, 2.05) is 18.2 Å². The fraction of sp³-hybridized carbons (Fsp3) is 0.500. The van der Waals surface area contributed by atoms with Crippen molar-refractivity contribution < 1.29 is 4.74 Å². The maximum Gasteiger partial charge on any atom is 0.0717 e. The topological polar surface area (TPSA) is 24.5 Å². The number of rotatable bonds is 5. The summed E-state index contributed by atoms with van der Waals surface area (Å²) in [6.07, 6.45) is 0. The quantitative estimate of drug-likeness (QED) is 0.729. The van der Waals surface area contributed by atoms with Crippen molar-refractivity contribution in [3.63, 3.8) is 0 Å². The molecule has 0 aliphatic carbocycles. The summed E-state index contributed by atoms with van der Waals surface area (Å²) < 4.78 is 5.61. The van der Waals surface area contributed by atoms with Crippen LogP contribution in [0.3, 0.4) is 0 Å². The van der Waals surface area contributed by atoms with E-state index in [2.05, 4.69) is 22.3 Å². The van der Waals surface area contributed by atoms with Gasteiger partial charge >= 0.3 is 0 Å². The van der Waals surface area contributed by atoms with Crippen molar-refractivity contribution in [2.24, 2.45) is 0 Å². The van der Waals surface area contributed by atoms with Crippen molar-refractivity contribution in [3.8, 4) is 0 Å². The molecule has 0 unspecified atom stereocenters. The Morgan fingerprint density at radius 1 is 1.27 bits per heavy atom. The normalized spacial score (nSPS) is 17.1. The highest BCUT2D eigenvalue weighted by Crippen LogP contribution is 2.00. The summed E-state index contributed by atoms with van der Waals surface area (Å²) in [7, 11) is 0. The van der Waals surface area contributed by atoms with Gasteiger partial charge in [-0.25, -0.2) is 0 Å². The zero-order valence-corrected chi connectivity index (χ0v) is 8.98. The molecule has 0 aromatic heterocycles. The summed E-state index contributed by atoms with van der Waals surface area (Å²) in [4.78, 5) is 2.37. The van der Waals surface area contributed by atoms with Crippen LogP contribution in [0.1, 0.15) is 5.56 Å². The SMILES string of the molecule is c1ccc(COCCN2CCNC2)cc1. The van der Waals surface area contributed by atoms with Gasteiger partial charge in [-0.05, 0) is 5.56 Å². The van der Waals surface area contributed by atoms with Crippen molar-refractivity contribution in [3.05, 3.63) is 35.9 Å². The number of hydrogen-bond acceptors (Lipinski definition) is 3. The van der Waals surface area contributed by atoms with E-state index in [9.17, 15) is 0 Å². The molecule has 3 heteroatoms. The predicted octanol–water partition coefficient (Wildman–Crippen LogP) is 1.07. The van der Waals surface area contributed by atoms with E-state index in [1.54, 1.807) is 0 Å². The number of nitrogens with zero attached hydrogens (tertiary/aromatic N) is 1. The molecule has 1 aliphatic heterocycles. The highest BCUT2D eigenvalue weighted by molar-refractivity contribution is 5.13. The average Bonchev–Trinajstić information content (AvgIpc) is 2.79. The number of nitrogens with one attached hydrogen (secondary N) is 1. The van der Waals surface area contributed by atoms with Gasteiger partial charge in [-0.15, -0.1) is 0 Å². The molecular weight excluding hydrogens is 188 g/mol. The molecule has 1 fully saturated rings. The second-order valence-electron chi connectivity index (χ2n) is 3.81. The van der Waals surface area contributed by atoms with Gasteiger partial charge in [0.15, 0.2) is 0 Å². The molecule has 1 aromatic carbocycles. The van der Waals surface area contributed by atoms with Crippen molar-refractivity contribution in [1.29, 1.82) is 0 Å². The van der Waals surface area contributed by atoms with Crippen LogP contribution in [0.5, 0.6) is 0 Å². The van der Waals surface area contributed by atoms with E-state index in [1.165, 1.54) is 5.56 Å². The first-order chi connectivity index (χ1) is 7.45. The largest absolute Gasteiger partial charge is 0.375 e. The Balaban J connectivity index is 1.59. The summed E-state index contributed by atoms with van der Waals surface area (Å²) in [6, 6.07) is 10.3. The number of ether oxygens (including phenoxy) is 1. The molecule has 82 valence electrons. The minimum absolute atomic E-state index is 0.724. The lowest BCUT2D eigenvalue weighted by Gasteiger charge is -2.13. The fourth-order valence-corrected chi connectivity index (χ4v) is 1.70. The summed E-state index contributed by atoms with van der Waals surface area (Å²) in [6.45, 7) is 5.83. The smallest absolute Gasteiger partial charge is 0.0717 e. The van der Waals surface area contributed by atoms with Crippen LogP contribution in [-0.4, -0.2) is 37.8 Å². The van der Waals surface area contributed by atoms with E-state index in [4.69, 9.17) is 4.74 Å². The van der Waals surface area contributed by atoms with E-state index >= 15 is 0 Å². The van der Waals surface area contributed by atoms with Crippen LogP contribution in [0, 0.1) is 0 Å². The van der Waals surface area contributed by atoms with Crippen LogP contribution in [0.2, 0.25) is 0 Å². The predicted molar refractivity (Wildman–Crippen MR) is 60.5 cm³/mol. The summed E-state index contributed by atoms with van der Waals surface area (Å²) >= 11 is 0. The van der Waals surface area contributed by atoms with Crippen molar-refractivity contribution in [2.45, 2.75) is 6.61 Å². The molecule has 0 bridgehead atoms. The van der Waals surface area contributed by atoms with Gasteiger partial charge in [0, 0.05) is 26.3 Å². The van der Waals surface area contributed by atoms with Crippen LogP contribution in [0.25, 0.3) is 0 Å². The van der Waals surface area contributed by atoms with Crippen LogP contribution < -0.4 is 5.32 Å². The molecule has 1 heterocycles. The standard InChI is InChI=1S/C12H18N2O/c1-2-4-12(5-3-1)10-15-9-8-14-7-6-13-11-14/h1-5,13H,6-11H2. The highest BCUT2D eigenvalue weighted by atomic mass is 16.5. The molecule has 1 aliphatic rings. The highest BCUT2D eigenvalue weighted by Gasteiger charge is 2.09. The summed E-state index contributed by atoms with van der Waals surface area (Å²) in [5.41, 5.74) is 1.25. The molecule has 0 spiro atoms. The molecule has 1 aromatic rings. The van der Waals surface area contributed by atoms with Gasteiger partial charge in [0.1, 0.15) is 0 Å². The lowest BCUT2D eigenvalue weighted by atomic mass is 10.2. The Hall–Kier alpha value is -0.900. The molecule has 3 nitrogen and oxygen atoms in total. The second-order valence-corrected chi connectivity index (χ2v) is 3.81. The Labute approximate surface area is 91.0 Å². The van der Waals surface area contributed by atoms with Crippen LogP contribution in [-0.2, 0) is 11.3 Å². The molecule has 0 saturated carbocycles. The lowest BCUT2D eigenvalue weighted by molar-refractivity contribution is 0.0989. The van der Waals surface area contributed by atoms with Gasteiger partial charge in [-0.2, -0.15) is 0 Å². The third-order valence-electron chi connectivity index (χ3n) is 2.60. The van der Waals surface area contributed by atoms with Gasteiger partial charge in [-0.3, -0.25) is 4.90 Å². The van der Waals surface area contributed by atoms with E-state index in [-0.39, 0.29) is 0 Å². The van der Waals surface area contributed by atoms with Crippen molar-refractivity contribution in [1.82, 2.24) is 10.2 Å². The van der Waals surface area contributed by atoms with E-state index in [0.29, 0.717) is 0 Å². The monoisotopic (exact) mass is 206 g/mol. The molecule has 0 atom stereocenters. The van der Waals surface area contributed by atoms with Gasteiger partial charge < -0.3 is 10.1 Å². The molecule has 0 amide bonds. The number of benzene rings is 1. The molecule has 2 rings (SSSR count). The minimum atomic E-state index is 0.724. The van der Waals surface area contributed by atoms with Crippen molar-refractivity contribution in [2.75, 3.05) is 32.9 Å². The van der Waals surface area contributed by atoms with E-state index < -0.39 is 0 Å². The third-order valence-corrected chi connectivity index (χ3v) is 2.60. The maximum atomic E-state index is 5.61. The molecule has 1 saturated heterocycles. The zero-order valence-electron chi connectivity index (χ0n) is 8.98.